The summed E-state index contributed by atoms with van der Waals surface area (Å²) in [5.74, 6) is 0.449. The third kappa shape index (κ3) is 4.85. The summed E-state index contributed by atoms with van der Waals surface area (Å²) < 4.78 is 5.30. The summed E-state index contributed by atoms with van der Waals surface area (Å²) in [6.45, 7) is 3.39. The third-order valence-corrected chi connectivity index (χ3v) is 5.32. The van der Waals surface area contributed by atoms with E-state index in [4.69, 9.17) is 22.1 Å². The van der Waals surface area contributed by atoms with Crippen LogP contribution in [0.2, 0.25) is 5.02 Å². The van der Waals surface area contributed by atoms with Crippen molar-refractivity contribution in [3.63, 3.8) is 0 Å². The van der Waals surface area contributed by atoms with Crippen LogP contribution in [0.15, 0.2) is 12.1 Å². The fourth-order valence-corrected chi connectivity index (χ4v) is 3.80. The van der Waals surface area contributed by atoms with Gasteiger partial charge in [-0.3, -0.25) is 9.69 Å². The second-order valence-corrected chi connectivity index (χ2v) is 6.75. The van der Waals surface area contributed by atoms with E-state index in [1.165, 1.54) is 32.8 Å². The van der Waals surface area contributed by atoms with Crippen LogP contribution in [0, 0.1) is 0 Å². The molecule has 1 aliphatic carbocycles. The molecule has 3 rings (SSSR count). The number of carbonyl (C=O) groups excluding carboxylic acids is 1. The standard InChI is InChI=1S/C17H24ClN3O2.2ClH/c1-23-16-11-15(19)14(18)10-13(16)17(22)21-8-6-20(7-9-21)12-4-2-3-5-12;;/h10-12H,2-9,19H2,1H3;2*1H. The van der Waals surface area contributed by atoms with Crippen molar-refractivity contribution >= 4 is 48.0 Å². The monoisotopic (exact) mass is 409 g/mol. The quantitative estimate of drug-likeness (QED) is 0.775. The zero-order valence-corrected chi connectivity index (χ0v) is 16.8. The highest BCUT2D eigenvalue weighted by Crippen LogP contribution is 2.30. The van der Waals surface area contributed by atoms with Crippen molar-refractivity contribution in [1.82, 2.24) is 9.80 Å². The lowest BCUT2D eigenvalue weighted by Gasteiger charge is -2.38. The van der Waals surface area contributed by atoms with Gasteiger partial charge in [0.25, 0.3) is 5.91 Å². The summed E-state index contributed by atoms with van der Waals surface area (Å²) in [6.07, 6.45) is 5.28. The van der Waals surface area contributed by atoms with E-state index in [0.29, 0.717) is 28.1 Å². The molecule has 0 spiro atoms. The number of anilines is 1. The molecule has 1 aromatic carbocycles. The van der Waals surface area contributed by atoms with Crippen molar-refractivity contribution in [3.8, 4) is 5.75 Å². The molecule has 2 aliphatic rings. The maximum absolute atomic E-state index is 12.8. The molecule has 2 fully saturated rings. The minimum Gasteiger partial charge on any atom is -0.496 e. The van der Waals surface area contributed by atoms with Gasteiger partial charge in [-0.25, -0.2) is 0 Å². The minimum atomic E-state index is -0.0326. The smallest absolute Gasteiger partial charge is 0.257 e. The van der Waals surface area contributed by atoms with Crippen LogP contribution in [0.1, 0.15) is 36.0 Å². The number of methoxy groups -OCH3 is 1. The number of nitrogen functional groups attached to an aromatic ring is 1. The number of rotatable bonds is 3. The SMILES string of the molecule is COc1cc(N)c(Cl)cc1C(=O)N1CCN(C2CCCC2)CC1.Cl.Cl. The molecule has 142 valence electrons. The Balaban J connectivity index is 0.00000156. The molecule has 1 saturated carbocycles. The number of halogens is 3. The molecule has 5 nitrogen and oxygen atoms in total. The van der Waals surface area contributed by atoms with Crippen LogP contribution < -0.4 is 10.5 Å². The van der Waals surface area contributed by atoms with Crippen molar-refractivity contribution in [3.05, 3.63) is 22.7 Å². The molecule has 1 amide bonds. The molecule has 2 N–H and O–H groups in total. The van der Waals surface area contributed by atoms with Gasteiger partial charge in [0.2, 0.25) is 0 Å². The second kappa shape index (κ2) is 9.72. The Morgan fingerprint density at radius 1 is 1.16 bits per heavy atom. The minimum absolute atomic E-state index is 0. The maximum atomic E-state index is 12.8. The van der Waals surface area contributed by atoms with Crippen LogP contribution in [0.4, 0.5) is 5.69 Å². The number of ether oxygens (including phenoxy) is 1. The van der Waals surface area contributed by atoms with Crippen LogP contribution in [0.3, 0.4) is 0 Å². The van der Waals surface area contributed by atoms with E-state index in [2.05, 4.69) is 4.90 Å². The first-order valence-electron chi connectivity index (χ1n) is 8.26. The van der Waals surface area contributed by atoms with E-state index in [0.717, 1.165) is 26.2 Å². The molecule has 0 aromatic heterocycles. The van der Waals surface area contributed by atoms with Crippen molar-refractivity contribution < 1.29 is 9.53 Å². The maximum Gasteiger partial charge on any atom is 0.257 e. The highest BCUT2D eigenvalue weighted by molar-refractivity contribution is 6.33. The summed E-state index contributed by atoms with van der Waals surface area (Å²) in [5, 5.41) is 0.388. The molecule has 8 heteroatoms. The summed E-state index contributed by atoms with van der Waals surface area (Å²) >= 11 is 6.08. The highest BCUT2D eigenvalue weighted by atomic mass is 35.5. The highest BCUT2D eigenvalue weighted by Gasteiger charge is 2.29. The van der Waals surface area contributed by atoms with Crippen LogP contribution in [0.25, 0.3) is 0 Å². The number of hydrogen-bond acceptors (Lipinski definition) is 4. The van der Waals surface area contributed by atoms with Gasteiger partial charge < -0.3 is 15.4 Å². The Labute approximate surface area is 166 Å². The normalized spacial score (nSPS) is 18.4. The summed E-state index contributed by atoms with van der Waals surface area (Å²) in [5.41, 5.74) is 6.70. The summed E-state index contributed by atoms with van der Waals surface area (Å²) in [7, 11) is 1.54. The van der Waals surface area contributed by atoms with E-state index in [9.17, 15) is 4.79 Å². The van der Waals surface area contributed by atoms with Crippen molar-refractivity contribution in [2.75, 3.05) is 39.0 Å². The Morgan fingerprint density at radius 2 is 1.76 bits per heavy atom. The van der Waals surface area contributed by atoms with Gasteiger partial charge in [-0.15, -0.1) is 24.8 Å². The van der Waals surface area contributed by atoms with Crippen molar-refractivity contribution in [2.45, 2.75) is 31.7 Å². The lowest BCUT2D eigenvalue weighted by Crippen LogP contribution is -2.51. The van der Waals surface area contributed by atoms with Gasteiger partial charge in [-0.05, 0) is 18.9 Å². The zero-order valence-electron chi connectivity index (χ0n) is 14.4. The number of hydrogen-bond donors (Lipinski definition) is 1. The van der Waals surface area contributed by atoms with Gasteiger partial charge in [0, 0.05) is 38.3 Å². The predicted molar refractivity (Wildman–Crippen MR) is 107 cm³/mol. The number of amides is 1. The van der Waals surface area contributed by atoms with Crippen LogP contribution in [-0.4, -0.2) is 55.0 Å². The molecule has 1 aromatic rings. The predicted octanol–water partition coefficient (Wildman–Crippen LogP) is 3.47. The topological polar surface area (TPSA) is 58.8 Å². The van der Waals surface area contributed by atoms with Crippen LogP contribution in [-0.2, 0) is 0 Å². The lowest BCUT2D eigenvalue weighted by molar-refractivity contribution is 0.0570. The summed E-state index contributed by atoms with van der Waals surface area (Å²) in [4.78, 5) is 17.2. The zero-order chi connectivity index (χ0) is 16.4. The van der Waals surface area contributed by atoms with Gasteiger partial charge in [0.1, 0.15) is 5.75 Å². The van der Waals surface area contributed by atoms with E-state index >= 15 is 0 Å². The second-order valence-electron chi connectivity index (χ2n) is 6.34. The van der Waals surface area contributed by atoms with Crippen molar-refractivity contribution in [1.29, 1.82) is 0 Å². The molecular weight excluding hydrogens is 385 g/mol. The van der Waals surface area contributed by atoms with E-state index < -0.39 is 0 Å². The molecule has 0 unspecified atom stereocenters. The van der Waals surface area contributed by atoms with Crippen LogP contribution >= 0.6 is 36.4 Å². The Morgan fingerprint density at radius 3 is 2.32 bits per heavy atom. The van der Waals surface area contributed by atoms with Gasteiger partial charge in [-0.1, -0.05) is 24.4 Å². The van der Waals surface area contributed by atoms with Gasteiger partial charge >= 0.3 is 0 Å². The van der Waals surface area contributed by atoms with E-state index in [-0.39, 0.29) is 30.7 Å². The Kier molecular flexibility index (Phi) is 8.61. The number of piperazine rings is 1. The van der Waals surface area contributed by atoms with Crippen LogP contribution in [0.5, 0.6) is 5.75 Å². The summed E-state index contributed by atoms with van der Waals surface area (Å²) in [6, 6.07) is 3.94. The number of benzene rings is 1. The average Bonchev–Trinajstić information content (AvgIpc) is 3.11. The molecule has 25 heavy (non-hydrogen) atoms. The lowest BCUT2D eigenvalue weighted by atomic mass is 10.1. The first kappa shape index (κ1) is 22.2. The van der Waals surface area contributed by atoms with Gasteiger partial charge in [-0.2, -0.15) is 0 Å². The number of carbonyl (C=O) groups is 1. The molecule has 1 heterocycles. The first-order valence-corrected chi connectivity index (χ1v) is 8.64. The van der Waals surface area contributed by atoms with Crippen molar-refractivity contribution in [2.24, 2.45) is 0 Å². The largest absolute Gasteiger partial charge is 0.496 e. The Hall–Kier alpha value is -0.880. The molecule has 1 saturated heterocycles. The fraction of sp³-hybridized carbons (Fsp3) is 0.588. The van der Waals surface area contributed by atoms with Gasteiger partial charge in [0.15, 0.2) is 0 Å². The molecular formula is C17H26Cl3N3O2. The molecule has 1 aliphatic heterocycles. The number of nitrogens with zero attached hydrogens (tertiary/aromatic N) is 2. The van der Waals surface area contributed by atoms with Gasteiger partial charge in [0.05, 0.1) is 23.4 Å². The third-order valence-electron chi connectivity index (χ3n) is 4.99. The first-order chi connectivity index (χ1) is 11.1. The van der Waals surface area contributed by atoms with E-state index in [1.807, 2.05) is 4.90 Å². The fourth-order valence-electron chi connectivity index (χ4n) is 3.64. The molecule has 0 bridgehead atoms. The number of nitrogens with two attached hydrogens (primary N) is 1. The average molecular weight is 411 g/mol. The molecule has 0 radical (unpaired) electrons. The molecule has 0 atom stereocenters. The Bertz CT molecular complexity index is 587. The van der Waals surface area contributed by atoms with E-state index in [1.54, 1.807) is 12.1 Å².